The molecule has 0 saturated carbocycles. The van der Waals surface area contributed by atoms with Crippen molar-refractivity contribution in [3.63, 3.8) is 0 Å². The monoisotopic (exact) mass is 194 g/mol. The normalized spacial score (nSPS) is 13.7. The summed E-state index contributed by atoms with van der Waals surface area (Å²) < 4.78 is 32.2. The third-order valence-electron chi connectivity index (χ3n) is 1.00. The van der Waals surface area contributed by atoms with E-state index in [0.717, 1.165) is 6.26 Å². The van der Waals surface area contributed by atoms with Crippen LogP contribution >= 0.6 is 0 Å². The molecule has 0 aliphatic rings. The topological polar surface area (TPSA) is 63.6 Å². The largest absolute Gasteiger partial charge is 0.445 e. The molecule has 0 aromatic rings. The summed E-state index contributed by atoms with van der Waals surface area (Å²) in [6.45, 7) is 6.01. The standard InChI is InChI=1S/C7H14O4S/c1-7(2,3)5-4-6-11-12(8,9)10/h4,6H,5H2,1-3H3,(H,8,9,10)/b6-4+. The lowest BCUT2D eigenvalue weighted by Gasteiger charge is -2.13. The van der Waals surface area contributed by atoms with Gasteiger partial charge in [-0.3, -0.25) is 4.55 Å². The molecule has 0 rings (SSSR count). The van der Waals surface area contributed by atoms with Gasteiger partial charge >= 0.3 is 10.4 Å². The van der Waals surface area contributed by atoms with E-state index in [4.69, 9.17) is 4.55 Å². The van der Waals surface area contributed by atoms with Crippen molar-refractivity contribution in [1.82, 2.24) is 0 Å². The second kappa shape index (κ2) is 3.91. The fourth-order valence-electron chi connectivity index (χ4n) is 0.511. The molecular weight excluding hydrogens is 180 g/mol. The highest BCUT2D eigenvalue weighted by atomic mass is 32.3. The molecule has 0 bridgehead atoms. The van der Waals surface area contributed by atoms with Crippen LogP contribution in [0.1, 0.15) is 27.2 Å². The first-order valence-corrected chi connectivity index (χ1v) is 4.88. The highest BCUT2D eigenvalue weighted by molar-refractivity contribution is 7.81. The van der Waals surface area contributed by atoms with Crippen LogP contribution in [0.2, 0.25) is 0 Å². The fourth-order valence-corrected chi connectivity index (χ4v) is 0.730. The fraction of sp³-hybridized carbons (Fsp3) is 0.714. The highest BCUT2D eigenvalue weighted by Gasteiger charge is 2.07. The second-order valence-corrected chi connectivity index (χ2v) is 4.71. The quantitative estimate of drug-likeness (QED) is 0.549. The van der Waals surface area contributed by atoms with E-state index >= 15 is 0 Å². The molecule has 0 aromatic carbocycles. The van der Waals surface area contributed by atoms with Crippen LogP contribution in [0.25, 0.3) is 0 Å². The van der Waals surface area contributed by atoms with Gasteiger partial charge in [0.05, 0.1) is 0 Å². The average Bonchev–Trinajstić information content (AvgIpc) is 1.76. The summed E-state index contributed by atoms with van der Waals surface area (Å²) in [5, 5.41) is 0. The van der Waals surface area contributed by atoms with Gasteiger partial charge in [-0.25, -0.2) is 0 Å². The summed E-state index contributed by atoms with van der Waals surface area (Å²) in [5.41, 5.74) is 0.0824. The Morgan fingerprint density at radius 1 is 1.42 bits per heavy atom. The van der Waals surface area contributed by atoms with E-state index < -0.39 is 10.4 Å². The van der Waals surface area contributed by atoms with Crippen molar-refractivity contribution in [3.05, 3.63) is 12.3 Å². The van der Waals surface area contributed by atoms with Gasteiger partial charge in [0, 0.05) is 0 Å². The smallest absolute Gasteiger partial charge is 0.370 e. The van der Waals surface area contributed by atoms with Crippen molar-refractivity contribution in [1.29, 1.82) is 0 Å². The molecule has 0 unspecified atom stereocenters. The molecule has 1 N–H and O–H groups in total. The van der Waals surface area contributed by atoms with Gasteiger partial charge < -0.3 is 4.18 Å². The summed E-state index contributed by atoms with van der Waals surface area (Å²) >= 11 is 0. The molecule has 0 aromatic heterocycles. The van der Waals surface area contributed by atoms with Gasteiger partial charge in [0.15, 0.2) is 0 Å². The lowest BCUT2D eigenvalue weighted by atomic mass is 9.93. The van der Waals surface area contributed by atoms with E-state index in [-0.39, 0.29) is 5.41 Å². The molecule has 0 heterocycles. The summed E-state index contributed by atoms with van der Waals surface area (Å²) in [6.07, 6.45) is 3.21. The lowest BCUT2D eigenvalue weighted by molar-refractivity contribution is 0.351. The number of hydrogen-bond donors (Lipinski definition) is 1. The van der Waals surface area contributed by atoms with Crippen molar-refractivity contribution in [2.24, 2.45) is 5.41 Å². The van der Waals surface area contributed by atoms with Gasteiger partial charge in [-0.05, 0) is 17.9 Å². The Kier molecular flexibility index (Phi) is 3.73. The van der Waals surface area contributed by atoms with Crippen LogP contribution in [-0.2, 0) is 14.6 Å². The van der Waals surface area contributed by atoms with E-state index in [1.165, 1.54) is 0 Å². The summed E-state index contributed by atoms with van der Waals surface area (Å²) in [4.78, 5) is 0. The van der Waals surface area contributed by atoms with E-state index in [1.807, 2.05) is 20.8 Å². The molecule has 0 atom stereocenters. The minimum Gasteiger partial charge on any atom is -0.370 e. The Morgan fingerprint density at radius 3 is 2.25 bits per heavy atom. The molecule has 5 heteroatoms. The minimum absolute atomic E-state index is 0.0824. The van der Waals surface area contributed by atoms with Crippen LogP contribution in [0, 0.1) is 5.41 Å². The maximum atomic E-state index is 10.0. The Bertz CT molecular complexity index is 245. The van der Waals surface area contributed by atoms with Crippen LogP contribution in [0.3, 0.4) is 0 Å². The third kappa shape index (κ3) is 9.45. The Hall–Kier alpha value is -0.550. The number of hydrogen-bond acceptors (Lipinski definition) is 3. The molecule has 0 spiro atoms. The Labute approximate surface area is 73.2 Å². The zero-order valence-electron chi connectivity index (χ0n) is 7.44. The maximum Gasteiger partial charge on any atom is 0.445 e. The molecule has 0 fully saturated rings. The Morgan fingerprint density at radius 2 is 1.92 bits per heavy atom. The zero-order chi connectivity index (χ0) is 9.83. The summed E-state index contributed by atoms with van der Waals surface area (Å²) in [7, 11) is -4.33. The highest BCUT2D eigenvalue weighted by Crippen LogP contribution is 2.18. The van der Waals surface area contributed by atoms with E-state index in [2.05, 4.69) is 4.18 Å². The average molecular weight is 194 g/mol. The van der Waals surface area contributed by atoms with Gasteiger partial charge in [0.2, 0.25) is 0 Å². The van der Waals surface area contributed by atoms with Gasteiger partial charge in [-0.2, -0.15) is 8.42 Å². The zero-order valence-corrected chi connectivity index (χ0v) is 8.26. The summed E-state index contributed by atoms with van der Waals surface area (Å²) in [5.74, 6) is 0. The SMILES string of the molecule is CC(C)(C)C/C=C/OS(=O)(=O)O. The third-order valence-corrected chi connectivity index (χ3v) is 1.36. The van der Waals surface area contributed by atoms with Crippen molar-refractivity contribution < 1.29 is 17.2 Å². The first kappa shape index (κ1) is 11.4. The van der Waals surface area contributed by atoms with E-state index in [0.29, 0.717) is 6.42 Å². The van der Waals surface area contributed by atoms with Crippen molar-refractivity contribution in [3.8, 4) is 0 Å². The number of allylic oxidation sites excluding steroid dienone is 1. The lowest BCUT2D eigenvalue weighted by Crippen LogP contribution is -2.02. The molecular formula is C7H14O4S. The molecule has 12 heavy (non-hydrogen) atoms. The molecule has 72 valence electrons. The maximum absolute atomic E-state index is 10.0. The predicted molar refractivity (Wildman–Crippen MR) is 45.8 cm³/mol. The molecule has 0 amide bonds. The van der Waals surface area contributed by atoms with Crippen LogP contribution in [0.15, 0.2) is 12.3 Å². The van der Waals surface area contributed by atoms with Crippen LogP contribution in [0.4, 0.5) is 0 Å². The minimum atomic E-state index is -4.33. The molecule has 0 radical (unpaired) electrons. The van der Waals surface area contributed by atoms with E-state index in [1.54, 1.807) is 6.08 Å². The van der Waals surface area contributed by atoms with Crippen molar-refractivity contribution in [2.45, 2.75) is 27.2 Å². The van der Waals surface area contributed by atoms with Crippen LogP contribution in [0.5, 0.6) is 0 Å². The first-order valence-electron chi connectivity index (χ1n) is 3.51. The van der Waals surface area contributed by atoms with Crippen molar-refractivity contribution >= 4 is 10.4 Å². The van der Waals surface area contributed by atoms with Gasteiger partial charge in [-0.1, -0.05) is 20.8 Å². The van der Waals surface area contributed by atoms with Gasteiger partial charge in [-0.15, -0.1) is 0 Å². The first-order chi connectivity index (χ1) is 5.21. The molecule has 0 aliphatic carbocycles. The Balaban J connectivity index is 3.81. The summed E-state index contributed by atoms with van der Waals surface area (Å²) in [6, 6.07) is 0. The van der Waals surface area contributed by atoms with Crippen LogP contribution in [-0.4, -0.2) is 13.0 Å². The number of rotatable bonds is 3. The van der Waals surface area contributed by atoms with Gasteiger partial charge in [0.1, 0.15) is 6.26 Å². The van der Waals surface area contributed by atoms with Gasteiger partial charge in [0.25, 0.3) is 0 Å². The molecule has 0 aliphatic heterocycles. The predicted octanol–water partition coefficient (Wildman–Crippen LogP) is 1.76. The second-order valence-electron chi connectivity index (χ2n) is 3.66. The van der Waals surface area contributed by atoms with E-state index in [9.17, 15) is 8.42 Å². The molecule has 0 saturated heterocycles. The van der Waals surface area contributed by atoms with Crippen molar-refractivity contribution in [2.75, 3.05) is 0 Å². The molecule has 4 nitrogen and oxygen atoms in total. The van der Waals surface area contributed by atoms with Crippen LogP contribution < -0.4 is 0 Å².